The number of benzene rings is 2. The molecule has 0 aromatic heterocycles. The lowest BCUT2D eigenvalue weighted by atomic mass is 10.0. The van der Waals surface area contributed by atoms with Gasteiger partial charge in [0.1, 0.15) is 5.75 Å². The molecule has 0 aliphatic rings. The van der Waals surface area contributed by atoms with E-state index in [4.69, 9.17) is 27.9 Å². The number of nitrogens with one attached hydrogen (secondary N) is 1. The van der Waals surface area contributed by atoms with Gasteiger partial charge in [0.25, 0.3) is 5.91 Å². The maximum Gasteiger partial charge on any atom is 0.265 e. The second-order valence-corrected chi connectivity index (χ2v) is 8.39. The van der Waals surface area contributed by atoms with Gasteiger partial charge in [-0.05, 0) is 56.0 Å². The van der Waals surface area contributed by atoms with Gasteiger partial charge in [-0.3, -0.25) is 4.79 Å². The summed E-state index contributed by atoms with van der Waals surface area (Å²) in [6.45, 7) is 5.57. The fraction of sp³-hybridized carbons (Fsp3) is 0.458. The predicted octanol–water partition coefficient (Wildman–Crippen LogP) is 7.32. The molecule has 6 heteroatoms. The lowest BCUT2D eigenvalue weighted by molar-refractivity contribution is -0.122. The van der Waals surface area contributed by atoms with E-state index >= 15 is 0 Å². The molecule has 30 heavy (non-hydrogen) atoms. The van der Waals surface area contributed by atoms with E-state index in [0.29, 0.717) is 16.3 Å². The summed E-state index contributed by atoms with van der Waals surface area (Å²) < 4.78 is 5.81. The largest absolute Gasteiger partial charge is 0.504 e. The van der Waals surface area contributed by atoms with E-state index in [2.05, 4.69) is 18.3 Å². The van der Waals surface area contributed by atoms with Crippen LogP contribution in [0.2, 0.25) is 10.0 Å². The lowest BCUT2D eigenvalue weighted by Gasteiger charge is -2.17. The van der Waals surface area contributed by atoms with Gasteiger partial charge >= 0.3 is 0 Å². The molecule has 0 bridgehead atoms. The fourth-order valence-electron chi connectivity index (χ4n) is 3.18. The van der Waals surface area contributed by atoms with Crippen molar-refractivity contribution in [1.29, 1.82) is 0 Å². The number of halogens is 2. The number of anilines is 1. The Morgan fingerprint density at radius 1 is 1.13 bits per heavy atom. The number of aromatic hydroxyl groups is 1. The van der Waals surface area contributed by atoms with Crippen molar-refractivity contribution in [2.75, 3.05) is 5.32 Å². The van der Waals surface area contributed by atoms with E-state index in [-0.39, 0.29) is 16.5 Å². The molecule has 0 saturated carbocycles. The number of phenols is 1. The van der Waals surface area contributed by atoms with Crippen molar-refractivity contribution in [2.45, 2.75) is 71.8 Å². The molecule has 0 saturated heterocycles. The Balaban J connectivity index is 1.91. The van der Waals surface area contributed by atoms with Gasteiger partial charge in [-0.1, -0.05) is 74.4 Å². The maximum absolute atomic E-state index is 12.5. The molecule has 0 aliphatic carbocycles. The molecule has 0 spiro atoms. The number of hydrogen-bond donors (Lipinski definition) is 2. The van der Waals surface area contributed by atoms with E-state index in [1.807, 2.05) is 18.2 Å². The highest BCUT2D eigenvalue weighted by Crippen LogP contribution is 2.38. The third-order valence-electron chi connectivity index (χ3n) is 5.08. The van der Waals surface area contributed by atoms with Crippen LogP contribution in [0.4, 0.5) is 5.69 Å². The van der Waals surface area contributed by atoms with E-state index in [1.54, 1.807) is 13.8 Å². The summed E-state index contributed by atoms with van der Waals surface area (Å²) in [6.07, 6.45) is 7.77. The zero-order valence-electron chi connectivity index (χ0n) is 17.9. The molecule has 1 unspecified atom stereocenters. The van der Waals surface area contributed by atoms with Crippen molar-refractivity contribution in [3.8, 4) is 11.5 Å². The fourth-order valence-corrected chi connectivity index (χ4v) is 3.63. The van der Waals surface area contributed by atoms with Crippen LogP contribution in [0.25, 0.3) is 0 Å². The van der Waals surface area contributed by atoms with Crippen LogP contribution in [-0.4, -0.2) is 17.1 Å². The SMILES string of the molecule is CCCCCCCCc1cccc(OC(C)C(=O)Nc2cc(Cl)c(C)c(Cl)c2O)c1. The topological polar surface area (TPSA) is 58.6 Å². The molecule has 4 nitrogen and oxygen atoms in total. The van der Waals surface area contributed by atoms with Crippen molar-refractivity contribution >= 4 is 34.8 Å². The summed E-state index contributed by atoms with van der Waals surface area (Å²) in [6, 6.07) is 9.32. The van der Waals surface area contributed by atoms with Crippen molar-refractivity contribution < 1.29 is 14.6 Å². The second kappa shape index (κ2) is 12.1. The molecule has 164 valence electrons. The first-order chi connectivity index (χ1) is 14.3. The minimum absolute atomic E-state index is 0.119. The van der Waals surface area contributed by atoms with Crippen LogP contribution >= 0.6 is 23.2 Å². The first-order valence-corrected chi connectivity index (χ1v) is 11.3. The Kier molecular flexibility index (Phi) is 9.80. The van der Waals surface area contributed by atoms with Crippen LogP contribution in [-0.2, 0) is 11.2 Å². The summed E-state index contributed by atoms with van der Waals surface area (Å²) in [5.41, 5.74) is 1.92. The highest BCUT2D eigenvalue weighted by Gasteiger charge is 2.19. The van der Waals surface area contributed by atoms with E-state index in [1.165, 1.54) is 43.7 Å². The van der Waals surface area contributed by atoms with Gasteiger partial charge in [0.2, 0.25) is 0 Å². The number of aryl methyl sites for hydroxylation is 1. The number of rotatable bonds is 11. The van der Waals surface area contributed by atoms with Crippen LogP contribution in [0.3, 0.4) is 0 Å². The number of phenolic OH excluding ortho intramolecular Hbond substituents is 1. The van der Waals surface area contributed by atoms with E-state index < -0.39 is 12.0 Å². The van der Waals surface area contributed by atoms with Gasteiger partial charge in [-0.25, -0.2) is 0 Å². The van der Waals surface area contributed by atoms with Crippen LogP contribution in [0.5, 0.6) is 11.5 Å². The quantitative estimate of drug-likeness (QED) is 0.277. The minimum Gasteiger partial charge on any atom is -0.504 e. The molecular weight excluding hydrogens is 421 g/mol. The molecule has 2 rings (SSSR count). The number of unbranched alkanes of at least 4 members (excludes halogenated alkanes) is 5. The van der Waals surface area contributed by atoms with Crippen molar-refractivity contribution in [3.63, 3.8) is 0 Å². The maximum atomic E-state index is 12.5. The first kappa shape index (κ1) is 24.4. The molecule has 1 amide bonds. The Bertz CT molecular complexity index is 855. The standard InChI is InChI=1S/C24H31Cl2NO3/c1-4-5-6-7-8-9-11-18-12-10-13-19(14-18)30-17(3)24(29)27-21-15-20(25)16(2)22(26)23(21)28/h10,12-15,17,28H,4-9,11H2,1-3H3,(H,27,29). The average Bonchev–Trinajstić information content (AvgIpc) is 2.73. The highest BCUT2D eigenvalue weighted by atomic mass is 35.5. The number of hydrogen-bond acceptors (Lipinski definition) is 3. The predicted molar refractivity (Wildman–Crippen MR) is 125 cm³/mol. The summed E-state index contributed by atoms with van der Waals surface area (Å²) >= 11 is 12.2. The highest BCUT2D eigenvalue weighted by molar-refractivity contribution is 6.37. The Morgan fingerprint density at radius 2 is 1.83 bits per heavy atom. The van der Waals surface area contributed by atoms with Crippen molar-refractivity contribution in [3.05, 3.63) is 51.5 Å². The zero-order chi connectivity index (χ0) is 22.1. The number of ether oxygens (including phenoxy) is 1. The van der Waals surface area contributed by atoms with Gasteiger partial charge in [-0.2, -0.15) is 0 Å². The zero-order valence-corrected chi connectivity index (χ0v) is 19.4. The minimum atomic E-state index is -0.757. The van der Waals surface area contributed by atoms with Crippen LogP contribution < -0.4 is 10.1 Å². The smallest absolute Gasteiger partial charge is 0.265 e. The van der Waals surface area contributed by atoms with Gasteiger partial charge < -0.3 is 15.2 Å². The first-order valence-electron chi connectivity index (χ1n) is 10.6. The number of carbonyl (C=O) groups excluding carboxylic acids is 1. The molecule has 2 N–H and O–H groups in total. The molecule has 0 radical (unpaired) electrons. The van der Waals surface area contributed by atoms with E-state index in [0.717, 1.165) is 12.8 Å². The molecule has 2 aromatic rings. The van der Waals surface area contributed by atoms with Gasteiger partial charge in [0, 0.05) is 5.02 Å². The van der Waals surface area contributed by atoms with Gasteiger partial charge in [0.05, 0.1) is 10.7 Å². The van der Waals surface area contributed by atoms with Crippen LogP contribution in [0.1, 0.15) is 63.5 Å². The monoisotopic (exact) mass is 451 g/mol. The third-order valence-corrected chi connectivity index (χ3v) is 5.93. The van der Waals surface area contributed by atoms with Crippen molar-refractivity contribution in [2.24, 2.45) is 0 Å². The molecule has 0 fully saturated rings. The van der Waals surface area contributed by atoms with E-state index in [9.17, 15) is 9.90 Å². The lowest BCUT2D eigenvalue weighted by Crippen LogP contribution is -2.30. The average molecular weight is 452 g/mol. The van der Waals surface area contributed by atoms with Crippen LogP contribution in [0.15, 0.2) is 30.3 Å². The Morgan fingerprint density at radius 3 is 2.57 bits per heavy atom. The third kappa shape index (κ3) is 7.10. The Labute approximate surface area is 189 Å². The molecular formula is C24H31Cl2NO3. The summed E-state index contributed by atoms with van der Waals surface area (Å²) in [7, 11) is 0. The normalized spacial score (nSPS) is 11.9. The number of amides is 1. The Hall–Kier alpha value is -1.91. The van der Waals surface area contributed by atoms with Gasteiger partial charge in [-0.15, -0.1) is 0 Å². The second-order valence-electron chi connectivity index (χ2n) is 7.61. The number of carbonyl (C=O) groups is 1. The molecule has 0 heterocycles. The molecule has 1 atom stereocenters. The summed E-state index contributed by atoms with van der Waals surface area (Å²) in [5.74, 6) is 0.0352. The summed E-state index contributed by atoms with van der Waals surface area (Å²) in [4.78, 5) is 12.5. The van der Waals surface area contributed by atoms with Crippen LogP contribution in [0, 0.1) is 6.92 Å². The molecule has 2 aromatic carbocycles. The molecule has 0 aliphatic heterocycles. The summed E-state index contributed by atoms with van der Waals surface area (Å²) in [5, 5.41) is 13.3. The van der Waals surface area contributed by atoms with Gasteiger partial charge in [0.15, 0.2) is 11.9 Å². The van der Waals surface area contributed by atoms with Crippen molar-refractivity contribution in [1.82, 2.24) is 0 Å².